The Hall–Kier alpha value is -4.36. The van der Waals surface area contributed by atoms with E-state index in [2.05, 4.69) is 25.6 Å². The van der Waals surface area contributed by atoms with Gasteiger partial charge in [0.15, 0.2) is 23.3 Å². The largest absolute Gasteiger partial charge is 0.462 e. The van der Waals surface area contributed by atoms with Crippen LogP contribution in [0.5, 0.6) is 0 Å². The molecule has 2 aromatic heterocycles. The first-order chi connectivity index (χ1) is 22.0. The van der Waals surface area contributed by atoms with E-state index in [0.717, 1.165) is 5.56 Å². The molecule has 2 unspecified atom stereocenters. The molecule has 1 aliphatic rings. The zero-order valence-corrected chi connectivity index (χ0v) is 25.8. The Balaban J connectivity index is 1.29. The highest BCUT2D eigenvalue weighted by molar-refractivity contribution is 6.31. The van der Waals surface area contributed by atoms with Crippen molar-refractivity contribution in [3.8, 4) is 0 Å². The van der Waals surface area contributed by atoms with Crippen molar-refractivity contribution in [3.05, 3.63) is 89.0 Å². The molecule has 3 heterocycles. The molecule has 13 heteroatoms. The number of halogens is 1. The Morgan fingerprint density at radius 1 is 1.04 bits per heavy atom. The van der Waals surface area contributed by atoms with Crippen molar-refractivity contribution in [2.75, 3.05) is 25.1 Å². The van der Waals surface area contributed by atoms with Crippen molar-refractivity contribution in [3.63, 3.8) is 0 Å². The number of ether oxygens (including phenoxy) is 4. The van der Waals surface area contributed by atoms with Gasteiger partial charge in [-0.3, -0.25) is 5.32 Å². The number of carbonyl (C=O) groups is 2. The molecule has 0 aliphatic carbocycles. The van der Waals surface area contributed by atoms with Gasteiger partial charge in [-0.15, -0.1) is 0 Å². The first-order valence-electron chi connectivity index (χ1n) is 14.7. The summed E-state index contributed by atoms with van der Waals surface area (Å²) >= 11 is 6.40. The molecule has 3 atom stereocenters. The number of fused-ring (bicyclic) bond motifs is 1. The molecule has 4 aromatic rings. The van der Waals surface area contributed by atoms with Crippen LogP contribution in [0.3, 0.4) is 0 Å². The van der Waals surface area contributed by atoms with Crippen LogP contribution >= 0.6 is 11.6 Å². The van der Waals surface area contributed by atoms with Crippen LogP contribution in [0.1, 0.15) is 41.8 Å². The van der Waals surface area contributed by atoms with Gasteiger partial charge < -0.3 is 28.8 Å². The Morgan fingerprint density at radius 3 is 2.67 bits per heavy atom. The molecule has 1 aliphatic heterocycles. The van der Waals surface area contributed by atoms with Gasteiger partial charge in [0.25, 0.3) is 0 Å². The van der Waals surface area contributed by atoms with Crippen LogP contribution < -0.4 is 10.6 Å². The van der Waals surface area contributed by atoms with Crippen molar-refractivity contribution in [1.82, 2.24) is 24.8 Å². The quantitative estimate of drug-likeness (QED) is 0.150. The minimum atomic E-state index is -0.585. The average molecular weight is 635 g/mol. The lowest BCUT2D eigenvalue weighted by Gasteiger charge is -2.18. The summed E-state index contributed by atoms with van der Waals surface area (Å²) in [4.78, 5) is 37.6. The zero-order valence-electron chi connectivity index (χ0n) is 25.0. The second-order valence-electron chi connectivity index (χ2n) is 10.1. The van der Waals surface area contributed by atoms with Gasteiger partial charge in [0.05, 0.1) is 37.8 Å². The molecule has 2 aromatic carbocycles. The first-order valence-corrected chi connectivity index (χ1v) is 15.1. The molecular formula is C32H35ClN6O6. The molecule has 0 saturated carbocycles. The van der Waals surface area contributed by atoms with Crippen molar-refractivity contribution in [1.29, 1.82) is 0 Å². The Bertz CT molecular complexity index is 1630. The number of anilines is 1. The SMILES string of the molecule is CCNC(=O)Nc1ncnc2c1ncn2CC1O[C@@H](/C=C/c2ccccc2)OC1CCOCc1c(Cl)cccc1C(=O)OCC. The van der Waals surface area contributed by atoms with E-state index in [1.807, 2.05) is 54.0 Å². The summed E-state index contributed by atoms with van der Waals surface area (Å²) in [5.41, 5.74) is 2.98. The third-order valence-corrected chi connectivity index (χ3v) is 7.39. The number of amides is 2. The van der Waals surface area contributed by atoms with Crippen molar-refractivity contribution in [2.45, 2.75) is 51.9 Å². The molecule has 12 nitrogen and oxygen atoms in total. The summed E-state index contributed by atoms with van der Waals surface area (Å²) in [6.07, 6.45) is 6.06. The summed E-state index contributed by atoms with van der Waals surface area (Å²) in [6.45, 7) is 5.15. The van der Waals surface area contributed by atoms with E-state index in [9.17, 15) is 9.59 Å². The summed E-state index contributed by atoms with van der Waals surface area (Å²) in [5.74, 6) is -0.136. The third kappa shape index (κ3) is 8.22. The van der Waals surface area contributed by atoms with Gasteiger partial charge in [0, 0.05) is 23.7 Å². The number of hydrogen-bond donors (Lipinski definition) is 2. The van der Waals surface area contributed by atoms with Gasteiger partial charge in [0.2, 0.25) is 0 Å². The highest BCUT2D eigenvalue weighted by Crippen LogP contribution is 2.28. The van der Waals surface area contributed by atoms with Gasteiger partial charge in [-0.1, -0.05) is 54.1 Å². The average Bonchev–Trinajstić information content (AvgIpc) is 3.63. The van der Waals surface area contributed by atoms with E-state index in [0.29, 0.717) is 59.2 Å². The van der Waals surface area contributed by atoms with Crippen LogP contribution in [-0.2, 0) is 32.1 Å². The fourth-order valence-corrected chi connectivity index (χ4v) is 5.13. The summed E-state index contributed by atoms with van der Waals surface area (Å²) in [7, 11) is 0. The second-order valence-corrected chi connectivity index (χ2v) is 10.5. The molecule has 2 amide bonds. The molecule has 1 fully saturated rings. The molecule has 0 radical (unpaired) electrons. The number of aromatic nitrogens is 4. The lowest BCUT2D eigenvalue weighted by molar-refractivity contribution is -0.0329. The number of benzene rings is 2. The number of nitrogens with zero attached hydrogens (tertiary/aromatic N) is 4. The van der Waals surface area contributed by atoms with Gasteiger partial charge in [-0.2, -0.15) is 0 Å². The number of carbonyl (C=O) groups excluding carboxylic acids is 2. The molecule has 1 saturated heterocycles. The van der Waals surface area contributed by atoms with E-state index in [1.165, 1.54) is 6.33 Å². The van der Waals surface area contributed by atoms with Crippen LogP contribution in [0, 0.1) is 0 Å². The standard InChI is InChI=1S/C32H35ClN6O6/c1-3-34-32(41)38-29-28-30(36-19-35-29)39(20-37-28)17-26-25(44-27(45-26)14-13-21-9-6-5-7-10-21)15-16-42-18-23-22(31(40)43-4-2)11-8-12-24(23)33/h5-14,19-20,25-27H,3-4,15-18H2,1-2H3,(H2,34,35,36,38,41)/b14-13+/t25?,26?,27-/m0/s1. The maximum absolute atomic E-state index is 12.4. The maximum atomic E-state index is 12.4. The van der Waals surface area contributed by atoms with E-state index in [-0.39, 0.29) is 31.5 Å². The maximum Gasteiger partial charge on any atom is 0.338 e. The monoisotopic (exact) mass is 634 g/mol. The number of esters is 1. The minimum Gasteiger partial charge on any atom is -0.462 e. The second kappa shape index (κ2) is 15.6. The van der Waals surface area contributed by atoms with Gasteiger partial charge in [-0.25, -0.2) is 24.5 Å². The number of imidazole rings is 1. The summed E-state index contributed by atoms with van der Waals surface area (Å²) in [5, 5.41) is 5.82. The normalized spacial score (nSPS) is 18.0. The highest BCUT2D eigenvalue weighted by Gasteiger charge is 2.35. The lowest BCUT2D eigenvalue weighted by atomic mass is 10.1. The Morgan fingerprint density at radius 2 is 1.87 bits per heavy atom. The predicted molar refractivity (Wildman–Crippen MR) is 169 cm³/mol. The van der Waals surface area contributed by atoms with E-state index >= 15 is 0 Å². The number of urea groups is 1. The zero-order chi connectivity index (χ0) is 31.6. The van der Waals surface area contributed by atoms with Crippen molar-refractivity contribution >= 4 is 46.7 Å². The first kappa shape index (κ1) is 32.0. The van der Waals surface area contributed by atoms with Crippen LogP contribution in [0.4, 0.5) is 10.6 Å². The van der Waals surface area contributed by atoms with Crippen LogP contribution in [-0.4, -0.2) is 69.8 Å². The van der Waals surface area contributed by atoms with E-state index in [1.54, 1.807) is 31.5 Å². The molecular weight excluding hydrogens is 600 g/mol. The van der Waals surface area contributed by atoms with Crippen molar-refractivity contribution < 1.29 is 28.5 Å². The molecule has 45 heavy (non-hydrogen) atoms. The molecule has 2 N–H and O–H groups in total. The topological polar surface area (TPSA) is 139 Å². The smallest absolute Gasteiger partial charge is 0.338 e. The summed E-state index contributed by atoms with van der Waals surface area (Å²) in [6, 6.07) is 14.6. The lowest BCUT2D eigenvalue weighted by Crippen LogP contribution is -2.29. The van der Waals surface area contributed by atoms with Crippen LogP contribution in [0.2, 0.25) is 5.02 Å². The van der Waals surface area contributed by atoms with Gasteiger partial charge >= 0.3 is 12.0 Å². The Labute approximate surface area is 265 Å². The van der Waals surface area contributed by atoms with Crippen LogP contribution in [0.25, 0.3) is 17.2 Å². The molecule has 5 rings (SSSR count). The van der Waals surface area contributed by atoms with Crippen molar-refractivity contribution in [2.24, 2.45) is 0 Å². The summed E-state index contributed by atoms with van der Waals surface area (Å²) < 4.78 is 25.7. The molecule has 0 bridgehead atoms. The predicted octanol–water partition coefficient (Wildman–Crippen LogP) is 5.23. The van der Waals surface area contributed by atoms with E-state index < -0.39 is 12.3 Å². The fourth-order valence-electron chi connectivity index (χ4n) is 4.90. The van der Waals surface area contributed by atoms with E-state index in [4.69, 9.17) is 30.5 Å². The third-order valence-electron chi connectivity index (χ3n) is 7.03. The van der Waals surface area contributed by atoms with Gasteiger partial charge in [0.1, 0.15) is 12.4 Å². The molecule has 0 spiro atoms. The molecule has 236 valence electrons. The number of nitrogens with one attached hydrogen (secondary N) is 2. The van der Waals surface area contributed by atoms with Crippen LogP contribution in [0.15, 0.2) is 67.3 Å². The number of hydrogen-bond acceptors (Lipinski definition) is 9. The highest BCUT2D eigenvalue weighted by atomic mass is 35.5. The van der Waals surface area contributed by atoms with Gasteiger partial charge in [-0.05, 0) is 44.0 Å². The minimum absolute atomic E-state index is 0.133. The Kier molecular flexibility index (Phi) is 11.1. The fraction of sp³-hybridized carbons (Fsp3) is 0.344. The number of rotatable bonds is 13.